The molecule has 2 aliphatic heterocycles. The molecule has 0 aliphatic carbocycles. The maximum atomic E-state index is 13.0. The molecular weight excluding hydrogens is 374 g/mol. The molecule has 1 saturated heterocycles. The third-order valence-corrected chi connectivity index (χ3v) is 6.27. The van der Waals surface area contributed by atoms with Gasteiger partial charge in [0.15, 0.2) is 5.01 Å². The van der Waals surface area contributed by atoms with Gasteiger partial charge >= 0.3 is 0 Å². The summed E-state index contributed by atoms with van der Waals surface area (Å²) in [6.45, 7) is 3.89. The number of carbonyl (C=O) groups is 1. The van der Waals surface area contributed by atoms with E-state index in [1.165, 1.54) is 11.3 Å². The Hall–Kier alpha value is -2.71. The van der Waals surface area contributed by atoms with E-state index in [1.807, 2.05) is 29.3 Å². The summed E-state index contributed by atoms with van der Waals surface area (Å²) in [7, 11) is 0. The second-order valence-electron chi connectivity index (χ2n) is 6.98. The fourth-order valence-corrected chi connectivity index (χ4v) is 4.71. The predicted molar refractivity (Wildman–Crippen MR) is 108 cm³/mol. The van der Waals surface area contributed by atoms with E-state index in [4.69, 9.17) is 9.72 Å². The van der Waals surface area contributed by atoms with Crippen LogP contribution in [0.5, 0.6) is 5.75 Å². The first kappa shape index (κ1) is 17.4. The Kier molecular flexibility index (Phi) is 4.58. The SMILES string of the molecule is O=C(c1nc2c(s1)CCOc1cc(-c3cn[nH]c3)ccc1-2)N1CCCNCC1. The zero-order valence-corrected chi connectivity index (χ0v) is 16.2. The van der Waals surface area contributed by atoms with E-state index in [1.54, 1.807) is 6.20 Å². The molecule has 3 aromatic rings. The van der Waals surface area contributed by atoms with Crippen LogP contribution in [-0.4, -0.2) is 58.8 Å². The van der Waals surface area contributed by atoms with Crippen LogP contribution >= 0.6 is 11.3 Å². The van der Waals surface area contributed by atoms with Crippen molar-refractivity contribution in [1.82, 2.24) is 25.4 Å². The molecule has 8 heteroatoms. The second kappa shape index (κ2) is 7.37. The first-order valence-electron chi connectivity index (χ1n) is 9.55. The normalized spacial score (nSPS) is 16.5. The molecule has 5 rings (SSSR count). The van der Waals surface area contributed by atoms with Crippen molar-refractivity contribution in [1.29, 1.82) is 0 Å². The number of aromatic amines is 1. The highest BCUT2D eigenvalue weighted by atomic mass is 32.1. The number of amides is 1. The summed E-state index contributed by atoms with van der Waals surface area (Å²) in [5, 5.41) is 10.8. The minimum absolute atomic E-state index is 0.0410. The van der Waals surface area contributed by atoms with Crippen LogP contribution in [0.4, 0.5) is 0 Å². The average Bonchev–Trinajstić information content (AvgIpc) is 3.27. The summed E-state index contributed by atoms with van der Waals surface area (Å²) in [5.41, 5.74) is 3.89. The maximum absolute atomic E-state index is 13.0. The van der Waals surface area contributed by atoms with E-state index >= 15 is 0 Å². The van der Waals surface area contributed by atoms with Crippen LogP contribution in [0.3, 0.4) is 0 Å². The maximum Gasteiger partial charge on any atom is 0.282 e. The molecule has 0 atom stereocenters. The summed E-state index contributed by atoms with van der Waals surface area (Å²) in [6.07, 6.45) is 5.39. The molecule has 0 unspecified atom stereocenters. The number of thiazole rings is 1. The van der Waals surface area contributed by atoms with E-state index in [2.05, 4.69) is 15.5 Å². The van der Waals surface area contributed by atoms with Crippen molar-refractivity contribution >= 4 is 17.2 Å². The minimum atomic E-state index is 0.0410. The third-order valence-electron chi connectivity index (χ3n) is 5.16. The quantitative estimate of drug-likeness (QED) is 0.697. The summed E-state index contributed by atoms with van der Waals surface area (Å²) in [5.74, 6) is 0.847. The Labute approximate surface area is 166 Å². The monoisotopic (exact) mass is 395 g/mol. The van der Waals surface area contributed by atoms with Gasteiger partial charge in [-0.2, -0.15) is 5.10 Å². The van der Waals surface area contributed by atoms with Crippen molar-refractivity contribution in [2.24, 2.45) is 0 Å². The highest BCUT2D eigenvalue weighted by molar-refractivity contribution is 7.14. The van der Waals surface area contributed by atoms with Gasteiger partial charge in [-0.05, 0) is 30.7 Å². The fourth-order valence-electron chi connectivity index (χ4n) is 3.69. The number of ether oxygens (including phenoxy) is 1. The van der Waals surface area contributed by atoms with Gasteiger partial charge in [-0.1, -0.05) is 6.07 Å². The van der Waals surface area contributed by atoms with Gasteiger partial charge in [0.2, 0.25) is 0 Å². The Morgan fingerprint density at radius 3 is 3.07 bits per heavy atom. The standard InChI is InChI=1S/C20H21N5O2S/c26-20(25-7-1-5-21-6-8-25)19-24-18-15-3-2-13(14-11-22-23-12-14)10-16(15)27-9-4-17(18)28-19/h2-3,10-12,21H,1,4-9H2,(H,22,23). The van der Waals surface area contributed by atoms with Crippen molar-refractivity contribution in [3.05, 3.63) is 40.5 Å². The van der Waals surface area contributed by atoms with Gasteiger partial charge in [0.25, 0.3) is 5.91 Å². The van der Waals surface area contributed by atoms with E-state index in [0.717, 1.165) is 72.0 Å². The Morgan fingerprint density at radius 1 is 1.21 bits per heavy atom. The van der Waals surface area contributed by atoms with Crippen LogP contribution in [0, 0.1) is 0 Å². The van der Waals surface area contributed by atoms with Crippen molar-refractivity contribution in [2.75, 3.05) is 32.8 Å². The number of hydrogen-bond donors (Lipinski definition) is 2. The lowest BCUT2D eigenvalue weighted by Crippen LogP contribution is -2.34. The fraction of sp³-hybridized carbons (Fsp3) is 0.350. The van der Waals surface area contributed by atoms with E-state index in [0.29, 0.717) is 11.6 Å². The van der Waals surface area contributed by atoms with E-state index < -0.39 is 0 Å². The number of nitrogens with one attached hydrogen (secondary N) is 2. The molecule has 2 aliphatic rings. The third kappa shape index (κ3) is 3.18. The van der Waals surface area contributed by atoms with Gasteiger partial charge in [-0.3, -0.25) is 9.89 Å². The Bertz CT molecular complexity index is 990. The molecule has 4 heterocycles. The molecule has 1 aromatic carbocycles. The first-order chi connectivity index (χ1) is 13.8. The number of benzene rings is 1. The topological polar surface area (TPSA) is 83.1 Å². The lowest BCUT2D eigenvalue weighted by molar-refractivity contribution is 0.0766. The molecule has 0 bridgehead atoms. The zero-order chi connectivity index (χ0) is 18.9. The number of aromatic nitrogens is 3. The van der Waals surface area contributed by atoms with Crippen LogP contribution in [-0.2, 0) is 6.42 Å². The molecule has 28 heavy (non-hydrogen) atoms. The smallest absolute Gasteiger partial charge is 0.282 e. The lowest BCUT2D eigenvalue weighted by Gasteiger charge is -2.18. The van der Waals surface area contributed by atoms with Gasteiger partial charge in [-0.15, -0.1) is 11.3 Å². The Balaban J connectivity index is 1.49. The van der Waals surface area contributed by atoms with Crippen molar-refractivity contribution in [3.8, 4) is 28.1 Å². The van der Waals surface area contributed by atoms with Crippen LogP contribution in [0.15, 0.2) is 30.6 Å². The molecule has 0 radical (unpaired) electrons. The van der Waals surface area contributed by atoms with Gasteiger partial charge in [-0.25, -0.2) is 4.98 Å². The van der Waals surface area contributed by atoms with E-state index in [9.17, 15) is 4.79 Å². The van der Waals surface area contributed by atoms with Crippen molar-refractivity contribution in [3.63, 3.8) is 0 Å². The Morgan fingerprint density at radius 2 is 2.18 bits per heavy atom. The summed E-state index contributed by atoms with van der Waals surface area (Å²) in [4.78, 5) is 20.8. The number of hydrogen-bond acceptors (Lipinski definition) is 6. The molecule has 7 nitrogen and oxygen atoms in total. The highest BCUT2D eigenvalue weighted by Gasteiger charge is 2.26. The van der Waals surface area contributed by atoms with Gasteiger partial charge in [0.1, 0.15) is 5.75 Å². The largest absolute Gasteiger partial charge is 0.492 e. The van der Waals surface area contributed by atoms with Crippen LogP contribution < -0.4 is 10.1 Å². The molecule has 0 saturated carbocycles. The molecule has 1 fully saturated rings. The summed E-state index contributed by atoms with van der Waals surface area (Å²) in [6, 6.07) is 6.10. The highest BCUT2D eigenvalue weighted by Crippen LogP contribution is 2.39. The van der Waals surface area contributed by atoms with Crippen LogP contribution in [0.1, 0.15) is 21.1 Å². The number of H-pyrrole nitrogens is 1. The molecule has 2 N–H and O–H groups in total. The number of rotatable bonds is 2. The zero-order valence-electron chi connectivity index (χ0n) is 15.4. The molecular formula is C20H21N5O2S. The molecule has 144 valence electrons. The number of carbonyl (C=O) groups excluding carboxylic acids is 1. The van der Waals surface area contributed by atoms with Crippen molar-refractivity contribution < 1.29 is 9.53 Å². The molecule has 0 spiro atoms. The van der Waals surface area contributed by atoms with Gasteiger partial charge in [0, 0.05) is 48.3 Å². The average molecular weight is 395 g/mol. The van der Waals surface area contributed by atoms with Gasteiger partial charge in [0.05, 0.1) is 18.5 Å². The lowest BCUT2D eigenvalue weighted by atomic mass is 10.0. The van der Waals surface area contributed by atoms with E-state index in [-0.39, 0.29) is 5.91 Å². The summed E-state index contributed by atoms with van der Waals surface area (Å²) < 4.78 is 5.99. The van der Waals surface area contributed by atoms with Crippen LogP contribution in [0.2, 0.25) is 0 Å². The first-order valence-corrected chi connectivity index (χ1v) is 10.4. The molecule has 2 aromatic heterocycles. The predicted octanol–water partition coefficient (Wildman–Crippen LogP) is 2.57. The van der Waals surface area contributed by atoms with Crippen LogP contribution in [0.25, 0.3) is 22.4 Å². The van der Waals surface area contributed by atoms with Gasteiger partial charge < -0.3 is 15.0 Å². The molecule has 1 amide bonds. The summed E-state index contributed by atoms with van der Waals surface area (Å²) >= 11 is 1.51. The van der Waals surface area contributed by atoms with Crippen molar-refractivity contribution in [2.45, 2.75) is 12.8 Å². The second-order valence-corrected chi connectivity index (χ2v) is 8.07. The number of nitrogens with zero attached hydrogens (tertiary/aromatic N) is 3. The minimum Gasteiger partial charge on any atom is -0.492 e. The number of fused-ring (bicyclic) bond motifs is 3.